The van der Waals surface area contributed by atoms with Crippen LogP contribution in [0, 0.1) is 17.1 Å². The molecule has 1 fully saturated rings. The van der Waals surface area contributed by atoms with Crippen molar-refractivity contribution in [2.24, 2.45) is 0 Å². The predicted octanol–water partition coefficient (Wildman–Crippen LogP) is 3.85. The average Bonchev–Trinajstić information content (AvgIpc) is 2.70. The van der Waals surface area contributed by atoms with Crippen LogP contribution >= 0.6 is 0 Å². The van der Waals surface area contributed by atoms with Crippen LogP contribution in [0.15, 0.2) is 18.2 Å². The Bertz CT molecular complexity index is 456. The first-order valence-electron chi connectivity index (χ1n) is 7.09. The van der Waals surface area contributed by atoms with Crippen molar-refractivity contribution >= 4 is 0 Å². The van der Waals surface area contributed by atoms with Gasteiger partial charge in [-0.25, -0.2) is 4.39 Å². The number of nitriles is 1. The van der Waals surface area contributed by atoms with Gasteiger partial charge in [0, 0.05) is 18.2 Å². The van der Waals surface area contributed by atoms with Crippen molar-refractivity contribution in [2.75, 3.05) is 7.05 Å². The van der Waals surface area contributed by atoms with Crippen molar-refractivity contribution in [3.8, 4) is 6.07 Å². The van der Waals surface area contributed by atoms with E-state index in [1.807, 2.05) is 6.07 Å². The quantitative estimate of drug-likeness (QED) is 0.772. The van der Waals surface area contributed by atoms with Gasteiger partial charge in [0.05, 0.1) is 11.6 Å². The van der Waals surface area contributed by atoms with Gasteiger partial charge in [0.1, 0.15) is 5.82 Å². The molecule has 0 spiro atoms. The Morgan fingerprint density at radius 1 is 1.26 bits per heavy atom. The van der Waals surface area contributed by atoms with Crippen LogP contribution in [0.5, 0.6) is 0 Å². The van der Waals surface area contributed by atoms with Crippen LogP contribution in [0.4, 0.5) is 4.39 Å². The molecule has 0 radical (unpaired) electrons. The van der Waals surface area contributed by atoms with Gasteiger partial charge < -0.3 is 0 Å². The third-order valence-electron chi connectivity index (χ3n) is 4.05. The lowest BCUT2D eigenvalue weighted by Gasteiger charge is -2.27. The molecule has 0 aromatic heterocycles. The minimum atomic E-state index is -0.264. The molecule has 0 saturated heterocycles. The highest BCUT2D eigenvalue weighted by Crippen LogP contribution is 2.23. The molecule has 0 amide bonds. The Morgan fingerprint density at radius 3 is 2.53 bits per heavy atom. The van der Waals surface area contributed by atoms with Crippen LogP contribution in [0.2, 0.25) is 0 Å². The molecule has 0 bridgehead atoms. The number of benzene rings is 1. The highest BCUT2D eigenvalue weighted by atomic mass is 19.1. The third kappa shape index (κ3) is 3.78. The first-order valence-corrected chi connectivity index (χ1v) is 7.09. The maximum Gasteiger partial charge on any atom is 0.129 e. The molecule has 1 aliphatic carbocycles. The highest BCUT2D eigenvalue weighted by Gasteiger charge is 2.18. The minimum Gasteiger partial charge on any atom is -0.299 e. The monoisotopic (exact) mass is 260 g/mol. The molecule has 102 valence electrons. The molecule has 3 heteroatoms. The van der Waals surface area contributed by atoms with Crippen LogP contribution in [-0.2, 0) is 6.54 Å². The van der Waals surface area contributed by atoms with Crippen molar-refractivity contribution in [1.29, 1.82) is 5.26 Å². The first kappa shape index (κ1) is 14.0. The van der Waals surface area contributed by atoms with Gasteiger partial charge in [-0.3, -0.25) is 4.90 Å². The number of halogens is 1. The fourth-order valence-electron chi connectivity index (χ4n) is 2.84. The van der Waals surface area contributed by atoms with Gasteiger partial charge in [0.15, 0.2) is 0 Å². The summed E-state index contributed by atoms with van der Waals surface area (Å²) in [4.78, 5) is 2.26. The molecule has 1 aromatic carbocycles. The molecule has 0 unspecified atom stereocenters. The second-order valence-corrected chi connectivity index (χ2v) is 5.48. The summed E-state index contributed by atoms with van der Waals surface area (Å²) in [5.74, 6) is -0.264. The van der Waals surface area contributed by atoms with E-state index in [1.165, 1.54) is 44.6 Å². The lowest BCUT2D eigenvalue weighted by Crippen LogP contribution is -2.31. The van der Waals surface area contributed by atoms with Gasteiger partial charge in [-0.2, -0.15) is 5.26 Å². The topological polar surface area (TPSA) is 27.0 Å². The molecule has 0 heterocycles. The lowest BCUT2D eigenvalue weighted by atomic mass is 10.1. The molecule has 0 aliphatic heterocycles. The van der Waals surface area contributed by atoms with Gasteiger partial charge in [-0.1, -0.05) is 31.7 Å². The van der Waals surface area contributed by atoms with Crippen molar-refractivity contribution in [2.45, 2.75) is 51.1 Å². The third-order valence-corrected chi connectivity index (χ3v) is 4.05. The molecular weight excluding hydrogens is 239 g/mol. The normalized spacial score (nSPS) is 17.2. The van der Waals surface area contributed by atoms with E-state index in [1.54, 1.807) is 12.1 Å². The van der Waals surface area contributed by atoms with Crippen molar-refractivity contribution in [1.82, 2.24) is 4.90 Å². The summed E-state index contributed by atoms with van der Waals surface area (Å²) in [6.07, 6.45) is 7.66. The Balaban J connectivity index is 2.01. The van der Waals surface area contributed by atoms with Crippen molar-refractivity contribution in [3.63, 3.8) is 0 Å². The highest BCUT2D eigenvalue weighted by molar-refractivity contribution is 5.32. The minimum absolute atomic E-state index is 0.264. The predicted molar refractivity (Wildman–Crippen MR) is 74.1 cm³/mol. The number of hydrogen-bond donors (Lipinski definition) is 0. The van der Waals surface area contributed by atoms with Crippen LogP contribution in [0.3, 0.4) is 0 Å². The van der Waals surface area contributed by atoms with Crippen LogP contribution in [-0.4, -0.2) is 18.0 Å². The molecule has 1 aliphatic rings. The SMILES string of the molecule is CN(Cc1ccc(C#N)cc1F)C1CCCCCC1. The van der Waals surface area contributed by atoms with E-state index in [0.717, 1.165) is 0 Å². The Hall–Kier alpha value is -1.40. The standard InChI is InChI=1S/C16H21FN2/c1-19(15-6-4-2-3-5-7-15)12-14-9-8-13(11-18)10-16(14)17/h8-10,15H,2-7,12H2,1H3. The second-order valence-electron chi connectivity index (χ2n) is 5.48. The Morgan fingerprint density at radius 2 is 1.95 bits per heavy atom. The van der Waals surface area contributed by atoms with Gasteiger partial charge >= 0.3 is 0 Å². The Kier molecular flexibility index (Phi) is 4.93. The van der Waals surface area contributed by atoms with E-state index >= 15 is 0 Å². The molecule has 1 aromatic rings. The van der Waals surface area contributed by atoms with Crippen LogP contribution < -0.4 is 0 Å². The largest absolute Gasteiger partial charge is 0.299 e. The fourth-order valence-corrected chi connectivity index (χ4v) is 2.84. The Labute approximate surface area is 114 Å². The number of rotatable bonds is 3. The summed E-state index contributed by atoms with van der Waals surface area (Å²) in [6.45, 7) is 0.627. The van der Waals surface area contributed by atoms with E-state index < -0.39 is 0 Å². The maximum atomic E-state index is 13.9. The molecular formula is C16H21FN2. The number of hydrogen-bond acceptors (Lipinski definition) is 2. The molecule has 19 heavy (non-hydrogen) atoms. The zero-order chi connectivity index (χ0) is 13.7. The van der Waals surface area contributed by atoms with Gasteiger partial charge in [0.25, 0.3) is 0 Å². The van der Waals surface area contributed by atoms with Gasteiger partial charge in [0.2, 0.25) is 0 Å². The summed E-state index contributed by atoms with van der Waals surface area (Å²) >= 11 is 0. The molecule has 2 nitrogen and oxygen atoms in total. The summed E-state index contributed by atoms with van der Waals surface area (Å²) in [6, 6.07) is 7.29. The zero-order valence-electron chi connectivity index (χ0n) is 11.5. The molecule has 2 rings (SSSR count). The molecule has 0 N–H and O–H groups in total. The molecule has 0 atom stereocenters. The fraction of sp³-hybridized carbons (Fsp3) is 0.562. The maximum absolute atomic E-state index is 13.9. The van der Waals surface area contributed by atoms with Crippen molar-refractivity contribution in [3.05, 3.63) is 35.1 Å². The van der Waals surface area contributed by atoms with E-state index in [-0.39, 0.29) is 5.82 Å². The van der Waals surface area contributed by atoms with Crippen LogP contribution in [0.25, 0.3) is 0 Å². The van der Waals surface area contributed by atoms with E-state index in [4.69, 9.17) is 5.26 Å². The summed E-state index contributed by atoms with van der Waals surface area (Å²) in [7, 11) is 2.08. The van der Waals surface area contributed by atoms with Gasteiger partial charge in [-0.15, -0.1) is 0 Å². The number of nitrogens with zero attached hydrogens (tertiary/aromatic N) is 2. The lowest BCUT2D eigenvalue weighted by molar-refractivity contribution is 0.210. The van der Waals surface area contributed by atoms with Crippen LogP contribution in [0.1, 0.15) is 49.7 Å². The van der Waals surface area contributed by atoms with Gasteiger partial charge in [-0.05, 0) is 32.0 Å². The van der Waals surface area contributed by atoms with E-state index in [2.05, 4.69) is 11.9 Å². The summed E-state index contributed by atoms with van der Waals surface area (Å²) in [5, 5.41) is 8.74. The second kappa shape index (κ2) is 6.68. The van der Waals surface area contributed by atoms with E-state index in [9.17, 15) is 4.39 Å². The summed E-state index contributed by atoms with van der Waals surface area (Å²) in [5.41, 5.74) is 1.07. The summed E-state index contributed by atoms with van der Waals surface area (Å²) < 4.78 is 13.9. The smallest absolute Gasteiger partial charge is 0.129 e. The van der Waals surface area contributed by atoms with Crippen molar-refractivity contribution < 1.29 is 4.39 Å². The first-order chi connectivity index (χ1) is 9.20. The average molecular weight is 260 g/mol. The zero-order valence-corrected chi connectivity index (χ0v) is 11.5. The molecule has 1 saturated carbocycles. The van der Waals surface area contributed by atoms with E-state index in [0.29, 0.717) is 23.7 Å².